The summed E-state index contributed by atoms with van der Waals surface area (Å²) in [5.41, 5.74) is 0.385. The maximum atomic E-state index is 13.0. The van der Waals surface area contributed by atoms with E-state index >= 15 is 0 Å². The SMILES string of the molecule is CC(C)CN(C(=O)C1CC12CCNCC2)C1CCCC1. The van der Waals surface area contributed by atoms with Gasteiger partial charge in [0.1, 0.15) is 0 Å². The Labute approximate surface area is 123 Å². The van der Waals surface area contributed by atoms with Gasteiger partial charge >= 0.3 is 0 Å². The third kappa shape index (κ3) is 2.74. The molecule has 2 aliphatic carbocycles. The molecule has 0 aromatic rings. The molecule has 3 heteroatoms. The monoisotopic (exact) mass is 278 g/mol. The van der Waals surface area contributed by atoms with Gasteiger partial charge in [0, 0.05) is 18.5 Å². The third-order valence-corrected chi connectivity index (χ3v) is 5.70. The summed E-state index contributed by atoms with van der Waals surface area (Å²) in [4.78, 5) is 15.3. The quantitative estimate of drug-likeness (QED) is 0.857. The minimum atomic E-state index is 0.351. The fourth-order valence-electron chi connectivity index (χ4n) is 4.40. The molecule has 0 aromatic heterocycles. The second-order valence-corrected chi connectivity index (χ2v) is 7.69. The minimum Gasteiger partial charge on any atom is -0.339 e. The number of nitrogens with zero attached hydrogens (tertiary/aromatic N) is 1. The molecule has 2 saturated carbocycles. The van der Waals surface area contributed by atoms with Crippen LogP contribution in [-0.4, -0.2) is 36.5 Å². The number of hydrogen-bond donors (Lipinski definition) is 1. The molecule has 20 heavy (non-hydrogen) atoms. The van der Waals surface area contributed by atoms with E-state index in [1.165, 1.54) is 38.5 Å². The van der Waals surface area contributed by atoms with E-state index in [0.717, 1.165) is 26.1 Å². The van der Waals surface area contributed by atoms with E-state index in [-0.39, 0.29) is 0 Å². The van der Waals surface area contributed by atoms with E-state index in [4.69, 9.17) is 0 Å². The second kappa shape index (κ2) is 5.67. The van der Waals surface area contributed by atoms with Crippen molar-refractivity contribution in [3.63, 3.8) is 0 Å². The Hall–Kier alpha value is -0.570. The van der Waals surface area contributed by atoms with Crippen molar-refractivity contribution < 1.29 is 4.79 Å². The molecule has 0 bridgehead atoms. The van der Waals surface area contributed by atoms with Crippen LogP contribution >= 0.6 is 0 Å². The molecule has 1 N–H and O–H groups in total. The maximum absolute atomic E-state index is 13.0. The van der Waals surface area contributed by atoms with Crippen LogP contribution in [0, 0.1) is 17.3 Å². The molecule has 1 unspecified atom stereocenters. The Bertz CT molecular complexity index is 354. The van der Waals surface area contributed by atoms with Gasteiger partial charge < -0.3 is 10.2 Å². The van der Waals surface area contributed by atoms with E-state index in [9.17, 15) is 4.79 Å². The van der Waals surface area contributed by atoms with Gasteiger partial charge in [-0.3, -0.25) is 4.79 Å². The fraction of sp³-hybridized carbons (Fsp3) is 0.941. The molecule has 1 amide bonds. The van der Waals surface area contributed by atoms with Gasteiger partial charge in [-0.1, -0.05) is 26.7 Å². The first-order valence-electron chi connectivity index (χ1n) is 8.63. The Morgan fingerprint density at radius 2 is 1.90 bits per heavy atom. The lowest BCUT2D eigenvalue weighted by Crippen LogP contribution is -2.43. The van der Waals surface area contributed by atoms with Crippen LogP contribution in [0.25, 0.3) is 0 Å². The molecule has 114 valence electrons. The van der Waals surface area contributed by atoms with Crippen molar-refractivity contribution in [1.29, 1.82) is 0 Å². The van der Waals surface area contributed by atoms with Gasteiger partial charge in [-0.2, -0.15) is 0 Å². The molecular weight excluding hydrogens is 248 g/mol. The zero-order valence-electron chi connectivity index (χ0n) is 13.2. The lowest BCUT2D eigenvalue weighted by atomic mass is 9.91. The van der Waals surface area contributed by atoms with Gasteiger partial charge in [-0.05, 0) is 56.5 Å². The number of hydrogen-bond acceptors (Lipinski definition) is 2. The van der Waals surface area contributed by atoms with E-state index in [0.29, 0.717) is 29.2 Å². The van der Waals surface area contributed by atoms with Crippen LogP contribution in [0.5, 0.6) is 0 Å². The van der Waals surface area contributed by atoms with Gasteiger partial charge in [0.05, 0.1) is 0 Å². The first-order valence-corrected chi connectivity index (χ1v) is 8.63. The van der Waals surface area contributed by atoms with Crippen LogP contribution in [-0.2, 0) is 4.79 Å². The van der Waals surface area contributed by atoms with Crippen molar-refractivity contribution in [1.82, 2.24) is 10.2 Å². The van der Waals surface area contributed by atoms with Crippen LogP contribution in [0.1, 0.15) is 58.8 Å². The maximum Gasteiger partial charge on any atom is 0.226 e. The standard InChI is InChI=1S/C17H30N2O/c1-13(2)12-19(14-5-3-4-6-14)16(20)15-11-17(15)7-9-18-10-8-17/h13-15,18H,3-12H2,1-2H3. The van der Waals surface area contributed by atoms with E-state index in [1.807, 2.05) is 0 Å². The largest absolute Gasteiger partial charge is 0.339 e. The summed E-state index contributed by atoms with van der Waals surface area (Å²) in [6.07, 6.45) is 8.68. The Kier molecular flexibility index (Phi) is 4.07. The van der Waals surface area contributed by atoms with E-state index < -0.39 is 0 Å². The Balaban J connectivity index is 1.66. The minimum absolute atomic E-state index is 0.351. The van der Waals surface area contributed by atoms with Gasteiger partial charge in [-0.15, -0.1) is 0 Å². The van der Waals surface area contributed by atoms with E-state index in [2.05, 4.69) is 24.1 Å². The molecule has 3 fully saturated rings. The van der Waals surface area contributed by atoms with E-state index in [1.54, 1.807) is 0 Å². The lowest BCUT2D eigenvalue weighted by molar-refractivity contribution is -0.136. The highest BCUT2D eigenvalue weighted by molar-refractivity contribution is 5.83. The molecule has 1 heterocycles. The van der Waals surface area contributed by atoms with Crippen molar-refractivity contribution in [2.45, 2.75) is 64.8 Å². The van der Waals surface area contributed by atoms with Gasteiger partial charge in [-0.25, -0.2) is 0 Å². The number of amides is 1. The molecule has 3 aliphatic rings. The van der Waals surface area contributed by atoms with Crippen molar-refractivity contribution in [2.24, 2.45) is 17.3 Å². The first-order chi connectivity index (χ1) is 9.62. The van der Waals surface area contributed by atoms with Gasteiger partial charge in [0.15, 0.2) is 0 Å². The van der Waals surface area contributed by atoms with Gasteiger partial charge in [0.2, 0.25) is 5.91 Å². The molecule has 3 nitrogen and oxygen atoms in total. The molecule has 0 radical (unpaired) electrons. The summed E-state index contributed by atoms with van der Waals surface area (Å²) >= 11 is 0. The number of carbonyl (C=O) groups is 1. The summed E-state index contributed by atoms with van der Waals surface area (Å²) in [6.45, 7) is 7.66. The summed E-state index contributed by atoms with van der Waals surface area (Å²) in [5.74, 6) is 1.43. The summed E-state index contributed by atoms with van der Waals surface area (Å²) in [5, 5.41) is 3.43. The highest BCUT2D eigenvalue weighted by Gasteiger charge is 2.58. The third-order valence-electron chi connectivity index (χ3n) is 5.70. The normalized spacial score (nSPS) is 29.1. The molecule has 1 spiro atoms. The summed E-state index contributed by atoms with van der Waals surface area (Å²) in [7, 11) is 0. The highest BCUT2D eigenvalue weighted by Crippen LogP contribution is 2.59. The molecule has 3 rings (SSSR count). The fourth-order valence-corrected chi connectivity index (χ4v) is 4.40. The predicted molar refractivity (Wildman–Crippen MR) is 81.5 cm³/mol. The highest BCUT2D eigenvalue weighted by atomic mass is 16.2. The first kappa shape index (κ1) is 14.4. The average molecular weight is 278 g/mol. The summed E-state index contributed by atoms with van der Waals surface area (Å²) < 4.78 is 0. The second-order valence-electron chi connectivity index (χ2n) is 7.69. The zero-order chi connectivity index (χ0) is 14.2. The Morgan fingerprint density at radius 1 is 1.25 bits per heavy atom. The topological polar surface area (TPSA) is 32.3 Å². The Morgan fingerprint density at radius 3 is 2.50 bits per heavy atom. The molecule has 1 atom stereocenters. The number of piperidine rings is 1. The van der Waals surface area contributed by atoms with Crippen molar-refractivity contribution in [3.8, 4) is 0 Å². The van der Waals surface area contributed by atoms with Gasteiger partial charge in [0.25, 0.3) is 0 Å². The average Bonchev–Trinajstić information content (AvgIpc) is 2.90. The summed E-state index contributed by atoms with van der Waals surface area (Å²) in [6, 6.07) is 0.546. The van der Waals surface area contributed by atoms with Crippen molar-refractivity contribution >= 4 is 5.91 Å². The lowest BCUT2D eigenvalue weighted by Gasteiger charge is -2.32. The van der Waals surface area contributed by atoms with Crippen molar-refractivity contribution in [2.75, 3.05) is 19.6 Å². The van der Waals surface area contributed by atoms with Crippen molar-refractivity contribution in [3.05, 3.63) is 0 Å². The molecular formula is C17H30N2O. The number of carbonyl (C=O) groups excluding carboxylic acids is 1. The number of rotatable bonds is 4. The smallest absolute Gasteiger partial charge is 0.226 e. The zero-order valence-corrected chi connectivity index (χ0v) is 13.2. The van der Waals surface area contributed by atoms with Crippen LogP contribution < -0.4 is 5.32 Å². The molecule has 0 aromatic carbocycles. The van der Waals surface area contributed by atoms with Crippen LogP contribution in [0.3, 0.4) is 0 Å². The van der Waals surface area contributed by atoms with Crippen LogP contribution in [0.4, 0.5) is 0 Å². The predicted octanol–water partition coefficient (Wildman–Crippen LogP) is 2.80. The van der Waals surface area contributed by atoms with Crippen LogP contribution in [0.15, 0.2) is 0 Å². The number of nitrogens with one attached hydrogen (secondary N) is 1. The van der Waals surface area contributed by atoms with Crippen LogP contribution in [0.2, 0.25) is 0 Å². The molecule has 1 saturated heterocycles. The molecule has 1 aliphatic heterocycles.